The van der Waals surface area contributed by atoms with Gasteiger partial charge in [0.05, 0.1) is 28.3 Å². The molecule has 3 aromatic rings. The smallest absolute Gasteiger partial charge is 0.261 e. The van der Waals surface area contributed by atoms with Crippen LogP contribution in [-0.4, -0.2) is 21.4 Å². The second-order valence-corrected chi connectivity index (χ2v) is 8.03. The van der Waals surface area contributed by atoms with Crippen LogP contribution < -0.4 is 14.8 Å². The molecule has 0 fully saturated rings. The van der Waals surface area contributed by atoms with Crippen molar-refractivity contribution in [1.29, 1.82) is 0 Å². The molecule has 6 nitrogen and oxygen atoms in total. The van der Waals surface area contributed by atoms with Crippen LogP contribution in [0.5, 0.6) is 5.75 Å². The Hall–Kier alpha value is -3.10. The van der Waals surface area contributed by atoms with Crippen LogP contribution in [0.2, 0.25) is 5.02 Å². The van der Waals surface area contributed by atoms with Crippen LogP contribution in [-0.2, 0) is 10.0 Å². The van der Waals surface area contributed by atoms with Gasteiger partial charge in [0.2, 0.25) is 0 Å². The summed E-state index contributed by atoms with van der Waals surface area (Å²) in [4.78, 5) is 12.4. The minimum absolute atomic E-state index is 0.0360. The Kier molecular flexibility index (Phi) is 6.05. The van der Waals surface area contributed by atoms with Crippen LogP contribution in [0.1, 0.15) is 10.4 Å². The summed E-state index contributed by atoms with van der Waals surface area (Å²) in [6, 6.07) is 15.4. The van der Waals surface area contributed by atoms with Crippen molar-refractivity contribution in [3.63, 3.8) is 0 Å². The molecule has 0 aliphatic rings. The van der Waals surface area contributed by atoms with Gasteiger partial charge in [-0.1, -0.05) is 17.7 Å². The number of amides is 1. The molecule has 0 saturated heterocycles. The van der Waals surface area contributed by atoms with Crippen molar-refractivity contribution < 1.29 is 22.3 Å². The van der Waals surface area contributed by atoms with Gasteiger partial charge in [-0.2, -0.15) is 0 Å². The number of benzene rings is 3. The highest BCUT2D eigenvalue weighted by atomic mass is 35.5. The summed E-state index contributed by atoms with van der Waals surface area (Å²) in [5.41, 5.74) is 0.576. The number of ether oxygens (including phenoxy) is 1. The Morgan fingerprint density at radius 1 is 1.00 bits per heavy atom. The number of hydrogen-bond acceptors (Lipinski definition) is 4. The van der Waals surface area contributed by atoms with Gasteiger partial charge in [0.15, 0.2) is 0 Å². The van der Waals surface area contributed by atoms with Crippen molar-refractivity contribution in [2.24, 2.45) is 0 Å². The number of sulfonamides is 1. The average Bonchev–Trinajstić information content (AvgIpc) is 2.67. The molecule has 0 aliphatic carbocycles. The van der Waals surface area contributed by atoms with E-state index < -0.39 is 21.7 Å². The van der Waals surface area contributed by atoms with E-state index in [0.717, 1.165) is 0 Å². The number of nitrogens with one attached hydrogen (secondary N) is 2. The Morgan fingerprint density at radius 2 is 1.72 bits per heavy atom. The third-order valence-corrected chi connectivity index (χ3v) is 5.63. The molecule has 0 bridgehead atoms. The second-order valence-electron chi connectivity index (χ2n) is 5.94. The third-order valence-electron chi connectivity index (χ3n) is 3.92. The maximum Gasteiger partial charge on any atom is 0.261 e. The minimum Gasteiger partial charge on any atom is -0.497 e. The predicted molar refractivity (Wildman–Crippen MR) is 110 cm³/mol. The van der Waals surface area contributed by atoms with Gasteiger partial charge in [-0.15, -0.1) is 0 Å². The highest BCUT2D eigenvalue weighted by Gasteiger charge is 2.17. The van der Waals surface area contributed by atoms with Gasteiger partial charge in [0.25, 0.3) is 15.9 Å². The number of halogens is 2. The number of carbonyl (C=O) groups is 1. The normalized spacial score (nSPS) is 11.0. The van der Waals surface area contributed by atoms with E-state index in [1.54, 1.807) is 0 Å². The van der Waals surface area contributed by atoms with Crippen LogP contribution in [0.15, 0.2) is 71.6 Å². The molecule has 0 spiro atoms. The Morgan fingerprint density at radius 3 is 2.34 bits per heavy atom. The summed E-state index contributed by atoms with van der Waals surface area (Å²) in [7, 11) is -2.37. The first-order chi connectivity index (χ1) is 13.8. The number of anilines is 2. The van der Waals surface area contributed by atoms with E-state index in [-0.39, 0.29) is 26.9 Å². The molecule has 3 rings (SSSR count). The quantitative estimate of drug-likeness (QED) is 0.596. The molecule has 0 unspecified atom stereocenters. The van der Waals surface area contributed by atoms with Crippen LogP contribution in [0.4, 0.5) is 15.8 Å². The zero-order valence-corrected chi connectivity index (χ0v) is 16.7. The number of carbonyl (C=O) groups excluding carboxylic acids is 1. The molecule has 1 amide bonds. The van der Waals surface area contributed by atoms with Gasteiger partial charge >= 0.3 is 0 Å². The first-order valence-corrected chi connectivity index (χ1v) is 10.2. The van der Waals surface area contributed by atoms with Crippen molar-refractivity contribution in [3.8, 4) is 5.75 Å². The topological polar surface area (TPSA) is 84.5 Å². The van der Waals surface area contributed by atoms with Gasteiger partial charge in [0, 0.05) is 5.69 Å². The van der Waals surface area contributed by atoms with Gasteiger partial charge in [0.1, 0.15) is 11.6 Å². The summed E-state index contributed by atoms with van der Waals surface area (Å²) in [5, 5.41) is 2.57. The molecule has 9 heteroatoms. The fourth-order valence-corrected chi connectivity index (χ4v) is 3.81. The Bertz CT molecular complexity index is 1150. The lowest BCUT2D eigenvalue weighted by molar-refractivity contribution is 0.102. The fraction of sp³-hybridized carbons (Fsp3) is 0.0500. The SMILES string of the molecule is COc1ccc(S(=O)(=O)Nc2ccc(C(=O)Nc3cccc(F)c3)c(Cl)c2)cc1. The van der Waals surface area contributed by atoms with E-state index in [0.29, 0.717) is 5.75 Å². The van der Waals surface area contributed by atoms with Crippen molar-refractivity contribution in [2.75, 3.05) is 17.1 Å². The van der Waals surface area contributed by atoms with E-state index in [1.165, 1.54) is 73.8 Å². The molecule has 0 aliphatic heterocycles. The zero-order chi connectivity index (χ0) is 21.0. The van der Waals surface area contributed by atoms with Gasteiger partial charge in [-0.25, -0.2) is 12.8 Å². The highest BCUT2D eigenvalue weighted by molar-refractivity contribution is 7.92. The third kappa shape index (κ3) is 5.04. The predicted octanol–water partition coefficient (Wildman–Crippen LogP) is 4.54. The molecule has 3 aromatic carbocycles. The molecule has 29 heavy (non-hydrogen) atoms. The maximum atomic E-state index is 13.2. The van der Waals surface area contributed by atoms with Crippen molar-refractivity contribution in [3.05, 3.63) is 83.1 Å². The molecular formula is C20H16ClFN2O4S. The Balaban J connectivity index is 1.77. The maximum absolute atomic E-state index is 13.2. The summed E-state index contributed by atoms with van der Waals surface area (Å²) in [5.74, 6) is -0.511. The lowest BCUT2D eigenvalue weighted by atomic mass is 10.2. The van der Waals surface area contributed by atoms with Crippen molar-refractivity contribution in [1.82, 2.24) is 0 Å². The molecule has 150 valence electrons. The largest absolute Gasteiger partial charge is 0.497 e. The number of methoxy groups -OCH3 is 1. The van der Waals surface area contributed by atoms with E-state index in [1.807, 2.05) is 0 Å². The number of rotatable bonds is 6. The average molecular weight is 435 g/mol. The van der Waals surface area contributed by atoms with E-state index in [4.69, 9.17) is 16.3 Å². The first kappa shape index (κ1) is 20.6. The molecule has 0 radical (unpaired) electrons. The highest BCUT2D eigenvalue weighted by Crippen LogP contribution is 2.25. The monoisotopic (exact) mass is 434 g/mol. The van der Waals surface area contributed by atoms with Gasteiger partial charge in [-0.05, 0) is 60.7 Å². The van der Waals surface area contributed by atoms with E-state index >= 15 is 0 Å². The van der Waals surface area contributed by atoms with Crippen molar-refractivity contribution in [2.45, 2.75) is 4.90 Å². The molecule has 2 N–H and O–H groups in total. The first-order valence-electron chi connectivity index (χ1n) is 8.32. The zero-order valence-electron chi connectivity index (χ0n) is 15.1. The van der Waals surface area contributed by atoms with E-state index in [9.17, 15) is 17.6 Å². The van der Waals surface area contributed by atoms with Gasteiger partial charge in [-0.3, -0.25) is 9.52 Å². The molecule has 0 aromatic heterocycles. The van der Waals surface area contributed by atoms with Crippen LogP contribution in [0.3, 0.4) is 0 Å². The summed E-state index contributed by atoms with van der Waals surface area (Å²) in [6.07, 6.45) is 0. The molecule has 0 saturated carbocycles. The second kappa shape index (κ2) is 8.50. The molecule has 0 heterocycles. The molecule has 0 atom stereocenters. The Labute approximate surface area is 172 Å². The van der Waals surface area contributed by atoms with E-state index in [2.05, 4.69) is 10.0 Å². The van der Waals surface area contributed by atoms with Crippen molar-refractivity contribution >= 4 is 38.9 Å². The van der Waals surface area contributed by atoms with Gasteiger partial charge < -0.3 is 10.1 Å². The van der Waals surface area contributed by atoms with Crippen LogP contribution in [0, 0.1) is 5.82 Å². The minimum atomic E-state index is -3.85. The standard InChI is InChI=1S/C20H16ClFN2O4S/c1-28-16-6-8-17(9-7-16)29(26,27)24-15-5-10-18(19(21)12-15)20(25)23-14-4-2-3-13(22)11-14/h2-12,24H,1H3,(H,23,25). The van der Waals surface area contributed by atoms with Crippen LogP contribution >= 0.6 is 11.6 Å². The number of hydrogen-bond donors (Lipinski definition) is 2. The lowest BCUT2D eigenvalue weighted by Crippen LogP contribution is -2.15. The summed E-state index contributed by atoms with van der Waals surface area (Å²) < 4.78 is 45.6. The lowest BCUT2D eigenvalue weighted by Gasteiger charge is -2.11. The fourth-order valence-electron chi connectivity index (χ4n) is 2.50. The summed E-state index contributed by atoms with van der Waals surface area (Å²) >= 11 is 6.15. The van der Waals surface area contributed by atoms with Crippen LogP contribution in [0.25, 0.3) is 0 Å². The molecular weight excluding hydrogens is 419 g/mol. The summed E-state index contributed by atoms with van der Waals surface area (Å²) in [6.45, 7) is 0.